The second-order valence-corrected chi connectivity index (χ2v) is 11.8. The lowest BCUT2D eigenvalue weighted by atomic mass is 9.90. The van der Waals surface area contributed by atoms with Crippen LogP contribution in [0.1, 0.15) is 0 Å². The number of para-hydroxylation sites is 1. The minimum atomic E-state index is 0.142. The maximum absolute atomic E-state index is 11.6. The standard InChI is InChI=1S/C43H27N3O2/c47-37-19-10-18-35(40(37)34-17-7-6-15-32(34)30-23-24-39-36(26-30)33-16-8-9-20-38(33)48-39)43-45-41(28-12-2-1-3-13-28)44-42(46-43)31-22-21-27-11-4-5-14-29(27)25-31/h1-26,47H. The number of nitrogens with zero attached hydrogens (tertiary/aromatic N) is 3. The summed E-state index contributed by atoms with van der Waals surface area (Å²) in [6.45, 7) is 0. The summed E-state index contributed by atoms with van der Waals surface area (Å²) in [7, 11) is 0. The van der Waals surface area contributed by atoms with Crippen LogP contribution in [0, 0.1) is 0 Å². The second kappa shape index (κ2) is 11.3. The first-order valence-corrected chi connectivity index (χ1v) is 15.8. The fraction of sp³-hybridized carbons (Fsp3) is 0. The number of benzene rings is 7. The van der Waals surface area contributed by atoms with Crippen molar-refractivity contribution in [1.82, 2.24) is 15.0 Å². The molecule has 48 heavy (non-hydrogen) atoms. The van der Waals surface area contributed by atoms with E-state index in [4.69, 9.17) is 19.4 Å². The summed E-state index contributed by atoms with van der Waals surface area (Å²) in [6, 6.07) is 52.4. The van der Waals surface area contributed by atoms with Crippen molar-refractivity contribution >= 4 is 32.7 Å². The zero-order valence-electron chi connectivity index (χ0n) is 25.7. The van der Waals surface area contributed by atoms with E-state index in [1.54, 1.807) is 6.07 Å². The number of hydrogen-bond acceptors (Lipinski definition) is 5. The van der Waals surface area contributed by atoms with Gasteiger partial charge in [-0.3, -0.25) is 0 Å². The molecule has 0 amide bonds. The van der Waals surface area contributed by atoms with Crippen LogP contribution in [0.5, 0.6) is 5.75 Å². The van der Waals surface area contributed by atoms with Crippen LogP contribution in [0.4, 0.5) is 0 Å². The van der Waals surface area contributed by atoms with Gasteiger partial charge in [0.05, 0.1) is 0 Å². The highest BCUT2D eigenvalue weighted by Gasteiger charge is 2.21. The molecule has 7 aromatic carbocycles. The van der Waals surface area contributed by atoms with Gasteiger partial charge in [-0.2, -0.15) is 0 Å². The van der Waals surface area contributed by atoms with Gasteiger partial charge in [0.25, 0.3) is 0 Å². The monoisotopic (exact) mass is 617 g/mol. The molecule has 0 atom stereocenters. The highest BCUT2D eigenvalue weighted by molar-refractivity contribution is 6.07. The minimum absolute atomic E-state index is 0.142. The Hall–Kier alpha value is -6.59. The summed E-state index contributed by atoms with van der Waals surface area (Å²) in [4.78, 5) is 15.0. The Labute approximate surface area is 276 Å². The molecule has 2 heterocycles. The number of fused-ring (bicyclic) bond motifs is 4. The van der Waals surface area contributed by atoms with Gasteiger partial charge in [-0.05, 0) is 57.8 Å². The van der Waals surface area contributed by atoms with Gasteiger partial charge >= 0.3 is 0 Å². The smallest absolute Gasteiger partial charge is 0.164 e. The highest BCUT2D eigenvalue weighted by Crippen LogP contribution is 2.44. The SMILES string of the molecule is Oc1cccc(-c2nc(-c3ccccc3)nc(-c3ccc4ccccc4c3)n2)c1-c1ccccc1-c1ccc2oc3ccccc3c2c1. The van der Waals surface area contributed by atoms with Crippen LogP contribution in [-0.2, 0) is 0 Å². The molecule has 5 nitrogen and oxygen atoms in total. The number of rotatable bonds is 5. The molecule has 1 N–H and O–H groups in total. The molecule has 9 aromatic rings. The molecule has 0 fully saturated rings. The van der Waals surface area contributed by atoms with Crippen LogP contribution < -0.4 is 0 Å². The van der Waals surface area contributed by atoms with Crippen LogP contribution in [0.3, 0.4) is 0 Å². The van der Waals surface area contributed by atoms with Crippen molar-refractivity contribution in [2.45, 2.75) is 0 Å². The molecule has 0 saturated heterocycles. The van der Waals surface area contributed by atoms with Gasteiger partial charge in [0.2, 0.25) is 0 Å². The summed E-state index contributed by atoms with van der Waals surface area (Å²) < 4.78 is 6.11. The van der Waals surface area contributed by atoms with Gasteiger partial charge in [-0.1, -0.05) is 127 Å². The summed E-state index contributed by atoms with van der Waals surface area (Å²) >= 11 is 0. The maximum Gasteiger partial charge on any atom is 0.164 e. The lowest BCUT2D eigenvalue weighted by Gasteiger charge is -2.16. The van der Waals surface area contributed by atoms with Gasteiger partial charge < -0.3 is 9.52 Å². The van der Waals surface area contributed by atoms with Crippen LogP contribution in [0.15, 0.2) is 162 Å². The average molecular weight is 618 g/mol. The Morgan fingerprint density at radius 2 is 1.04 bits per heavy atom. The lowest BCUT2D eigenvalue weighted by Crippen LogP contribution is -2.01. The first-order valence-electron chi connectivity index (χ1n) is 15.8. The minimum Gasteiger partial charge on any atom is -0.507 e. The highest BCUT2D eigenvalue weighted by atomic mass is 16.3. The molecule has 9 rings (SSSR count). The number of phenolic OH excluding ortho intramolecular Hbond substituents is 1. The van der Waals surface area contributed by atoms with Crippen LogP contribution in [-0.4, -0.2) is 20.1 Å². The second-order valence-electron chi connectivity index (χ2n) is 11.8. The Kier molecular flexibility index (Phi) is 6.54. The molecule has 0 spiro atoms. The Bertz CT molecular complexity index is 2640. The van der Waals surface area contributed by atoms with Crippen molar-refractivity contribution < 1.29 is 9.52 Å². The Morgan fingerprint density at radius 3 is 1.92 bits per heavy atom. The number of furan rings is 1. The van der Waals surface area contributed by atoms with E-state index in [9.17, 15) is 5.11 Å². The molecule has 0 unspecified atom stereocenters. The van der Waals surface area contributed by atoms with E-state index in [0.717, 1.165) is 60.5 Å². The summed E-state index contributed by atoms with van der Waals surface area (Å²) in [6.07, 6.45) is 0. The van der Waals surface area contributed by atoms with E-state index in [-0.39, 0.29) is 5.75 Å². The molecule has 2 aromatic heterocycles. The fourth-order valence-electron chi connectivity index (χ4n) is 6.53. The van der Waals surface area contributed by atoms with E-state index in [0.29, 0.717) is 28.6 Å². The zero-order valence-corrected chi connectivity index (χ0v) is 25.7. The first kappa shape index (κ1) is 27.7. The topological polar surface area (TPSA) is 72.0 Å². The van der Waals surface area contributed by atoms with Crippen molar-refractivity contribution in [3.8, 4) is 62.2 Å². The molecular weight excluding hydrogens is 590 g/mol. The molecule has 0 aliphatic carbocycles. The molecule has 0 bridgehead atoms. The summed E-state index contributed by atoms with van der Waals surface area (Å²) in [5, 5.41) is 15.9. The third-order valence-corrected chi connectivity index (χ3v) is 8.84. The quantitative estimate of drug-likeness (QED) is 0.208. The molecule has 5 heteroatoms. The molecule has 0 saturated carbocycles. The number of hydrogen-bond donors (Lipinski definition) is 1. The maximum atomic E-state index is 11.6. The van der Waals surface area contributed by atoms with Crippen LogP contribution in [0.25, 0.3) is 89.1 Å². The largest absolute Gasteiger partial charge is 0.507 e. The molecule has 0 aliphatic rings. The van der Waals surface area contributed by atoms with Gasteiger partial charge in [-0.25, -0.2) is 15.0 Å². The Balaban J connectivity index is 1.25. The van der Waals surface area contributed by atoms with E-state index in [2.05, 4.69) is 48.5 Å². The predicted molar refractivity (Wildman–Crippen MR) is 193 cm³/mol. The van der Waals surface area contributed by atoms with Crippen molar-refractivity contribution in [2.75, 3.05) is 0 Å². The fourth-order valence-corrected chi connectivity index (χ4v) is 6.53. The predicted octanol–water partition coefficient (Wildman–Crippen LogP) is 11.0. The third kappa shape index (κ3) is 4.77. The number of aromatic nitrogens is 3. The van der Waals surface area contributed by atoms with Crippen molar-refractivity contribution in [1.29, 1.82) is 0 Å². The van der Waals surface area contributed by atoms with E-state index in [1.165, 1.54) is 0 Å². The number of phenols is 1. The molecule has 0 radical (unpaired) electrons. The van der Waals surface area contributed by atoms with E-state index >= 15 is 0 Å². The van der Waals surface area contributed by atoms with Crippen molar-refractivity contribution in [3.05, 3.63) is 158 Å². The van der Waals surface area contributed by atoms with Gasteiger partial charge in [0.1, 0.15) is 16.9 Å². The summed E-state index contributed by atoms with van der Waals surface area (Å²) in [5.74, 6) is 1.74. The van der Waals surface area contributed by atoms with E-state index < -0.39 is 0 Å². The summed E-state index contributed by atoms with van der Waals surface area (Å²) in [5.41, 5.74) is 7.66. The average Bonchev–Trinajstić information content (AvgIpc) is 3.53. The van der Waals surface area contributed by atoms with Gasteiger partial charge in [0.15, 0.2) is 17.5 Å². The lowest BCUT2D eigenvalue weighted by molar-refractivity contribution is 0.477. The van der Waals surface area contributed by atoms with E-state index in [1.807, 2.05) is 103 Å². The molecule has 226 valence electrons. The normalized spacial score (nSPS) is 11.4. The van der Waals surface area contributed by atoms with Crippen molar-refractivity contribution in [3.63, 3.8) is 0 Å². The van der Waals surface area contributed by atoms with Gasteiger partial charge in [-0.15, -0.1) is 0 Å². The van der Waals surface area contributed by atoms with Crippen LogP contribution in [0.2, 0.25) is 0 Å². The first-order chi connectivity index (χ1) is 23.7. The molecular formula is C43H27N3O2. The van der Waals surface area contributed by atoms with Crippen molar-refractivity contribution in [2.24, 2.45) is 0 Å². The number of aromatic hydroxyl groups is 1. The third-order valence-electron chi connectivity index (χ3n) is 8.84. The van der Waals surface area contributed by atoms with Gasteiger partial charge in [0, 0.05) is 33.0 Å². The Morgan fingerprint density at radius 1 is 0.396 bits per heavy atom. The van der Waals surface area contributed by atoms with Crippen LogP contribution >= 0.6 is 0 Å². The zero-order chi connectivity index (χ0) is 32.0. The molecule has 0 aliphatic heterocycles.